The third-order valence-corrected chi connectivity index (χ3v) is 2.87. The number of aromatic hydroxyl groups is 2. The van der Waals surface area contributed by atoms with E-state index in [1.807, 2.05) is 0 Å². The van der Waals surface area contributed by atoms with E-state index in [0.29, 0.717) is 18.4 Å². The van der Waals surface area contributed by atoms with Gasteiger partial charge in [0, 0.05) is 12.4 Å². The molecule has 1 aromatic rings. The number of halogens is 1. The topological polar surface area (TPSA) is 78.8 Å². The second-order valence-electron chi connectivity index (χ2n) is 3.77. The van der Waals surface area contributed by atoms with Gasteiger partial charge in [-0.3, -0.25) is 4.79 Å². The molecule has 100 valence electrons. The van der Waals surface area contributed by atoms with E-state index >= 15 is 0 Å². The summed E-state index contributed by atoms with van der Waals surface area (Å²) >= 11 is 3.29. The summed E-state index contributed by atoms with van der Waals surface area (Å²) in [6.45, 7) is 0.367. The van der Waals surface area contributed by atoms with E-state index in [4.69, 9.17) is 4.74 Å². The van der Waals surface area contributed by atoms with Gasteiger partial charge in [0.1, 0.15) is 17.1 Å². The number of hydrogen-bond donors (Lipinski definition) is 3. The lowest BCUT2D eigenvalue weighted by molar-refractivity contribution is 0.0890. The molecular formula is C12H16BrNO4. The SMILES string of the molecule is COCC(CCBr)NC(=O)c1c(O)cccc1O. The van der Waals surface area contributed by atoms with Crippen LogP contribution in [0.4, 0.5) is 0 Å². The van der Waals surface area contributed by atoms with Gasteiger partial charge < -0.3 is 20.3 Å². The van der Waals surface area contributed by atoms with Crippen molar-refractivity contribution in [1.82, 2.24) is 5.32 Å². The third kappa shape index (κ3) is 3.89. The monoisotopic (exact) mass is 317 g/mol. The average molecular weight is 318 g/mol. The summed E-state index contributed by atoms with van der Waals surface area (Å²) in [4.78, 5) is 11.9. The summed E-state index contributed by atoms with van der Waals surface area (Å²) in [5, 5.41) is 22.6. The first-order valence-electron chi connectivity index (χ1n) is 5.46. The summed E-state index contributed by atoms with van der Waals surface area (Å²) < 4.78 is 4.99. The Hall–Kier alpha value is -1.27. The number of phenols is 2. The number of nitrogens with one attached hydrogen (secondary N) is 1. The molecule has 1 amide bonds. The molecule has 0 aromatic heterocycles. The molecule has 0 saturated heterocycles. The van der Waals surface area contributed by atoms with Crippen LogP contribution >= 0.6 is 15.9 Å². The molecule has 0 heterocycles. The maximum absolute atomic E-state index is 11.9. The van der Waals surface area contributed by atoms with Crippen molar-refractivity contribution in [2.24, 2.45) is 0 Å². The maximum atomic E-state index is 11.9. The highest BCUT2D eigenvalue weighted by atomic mass is 79.9. The number of methoxy groups -OCH3 is 1. The minimum Gasteiger partial charge on any atom is -0.507 e. The smallest absolute Gasteiger partial charge is 0.259 e. The second-order valence-corrected chi connectivity index (χ2v) is 4.57. The Labute approximate surface area is 114 Å². The number of ether oxygens (including phenoxy) is 1. The molecule has 0 fully saturated rings. The summed E-state index contributed by atoms with van der Waals surface area (Å²) in [6.07, 6.45) is 0.688. The fourth-order valence-electron chi connectivity index (χ4n) is 1.55. The number of amides is 1. The van der Waals surface area contributed by atoms with Crippen molar-refractivity contribution >= 4 is 21.8 Å². The van der Waals surface area contributed by atoms with E-state index in [9.17, 15) is 15.0 Å². The number of carbonyl (C=O) groups excluding carboxylic acids is 1. The van der Waals surface area contributed by atoms with Gasteiger partial charge in [-0.2, -0.15) is 0 Å². The second kappa shape index (κ2) is 7.23. The molecule has 0 bridgehead atoms. The van der Waals surface area contributed by atoms with E-state index in [1.54, 1.807) is 7.11 Å². The van der Waals surface area contributed by atoms with E-state index < -0.39 is 5.91 Å². The molecule has 0 aliphatic carbocycles. The van der Waals surface area contributed by atoms with Gasteiger partial charge in [-0.25, -0.2) is 0 Å². The Morgan fingerprint density at radius 1 is 1.44 bits per heavy atom. The van der Waals surface area contributed by atoms with Crippen molar-refractivity contribution in [3.8, 4) is 11.5 Å². The predicted octanol–water partition coefficient (Wildman–Crippen LogP) is 1.63. The molecule has 1 rings (SSSR count). The Balaban J connectivity index is 2.80. The zero-order valence-corrected chi connectivity index (χ0v) is 11.6. The first-order chi connectivity index (χ1) is 8.60. The van der Waals surface area contributed by atoms with Crippen LogP contribution in [0.25, 0.3) is 0 Å². The standard InChI is InChI=1S/C12H16BrNO4/c1-18-7-8(5-6-13)14-12(17)11-9(15)3-2-4-10(11)16/h2-4,8,15-16H,5-7H2,1H3,(H,14,17). The van der Waals surface area contributed by atoms with Crippen LogP contribution in [0.3, 0.4) is 0 Å². The molecule has 0 radical (unpaired) electrons. The van der Waals surface area contributed by atoms with Crippen molar-refractivity contribution in [1.29, 1.82) is 0 Å². The summed E-state index contributed by atoms with van der Waals surface area (Å²) in [6, 6.07) is 3.99. The Morgan fingerprint density at radius 3 is 2.56 bits per heavy atom. The normalized spacial score (nSPS) is 12.1. The van der Waals surface area contributed by atoms with Crippen LogP contribution in [-0.2, 0) is 4.74 Å². The van der Waals surface area contributed by atoms with Gasteiger partial charge in [-0.1, -0.05) is 22.0 Å². The highest BCUT2D eigenvalue weighted by Gasteiger charge is 2.19. The number of benzene rings is 1. The van der Waals surface area contributed by atoms with Gasteiger partial charge >= 0.3 is 0 Å². The van der Waals surface area contributed by atoms with Gasteiger partial charge in [0.05, 0.1) is 12.6 Å². The number of carbonyl (C=O) groups is 1. The highest BCUT2D eigenvalue weighted by molar-refractivity contribution is 9.09. The van der Waals surface area contributed by atoms with Crippen molar-refractivity contribution in [2.75, 3.05) is 19.0 Å². The van der Waals surface area contributed by atoms with Crippen LogP contribution in [0, 0.1) is 0 Å². The highest BCUT2D eigenvalue weighted by Crippen LogP contribution is 2.26. The van der Waals surface area contributed by atoms with Crippen LogP contribution in [0.2, 0.25) is 0 Å². The Kier molecular flexibility index (Phi) is 5.94. The summed E-state index contributed by atoms with van der Waals surface area (Å²) in [5.41, 5.74) is -0.117. The molecule has 0 spiro atoms. The number of phenolic OH excluding ortho intramolecular Hbond substituents is 2. The van der Waals surface area contributed by atoms with Crippen molar-refractivity contribution in [3.05, 3.63) is 23.8 Å². The zero-order chi connectivity index (χ0) is 13.5. The zero-order valence-electron chi connectivity index (χ0n) is 10.0. The molecule has 0 aliphatic heterocycles. The van der Waals surface area contributed by atoms with Crippen LogP contribution < -0.4 is 5.32 Å². The average Bonchev–Trinajstić information content (AvgIpc) is 2.29. The van der Waals surface area contributed by atoms with E-state index in [2.05, 4.69) is 21.2 Å². The van der Waals surface area contributed by atoms with E-state index in [-0.39, 0.29) is 23.1 Å². The van der Waals surface area contributed by atoms with E-state index in [1.165, 1.54) is 18.2 Å². The Morgan fingerprint density at radius 2 is 2.06 bits per heavy atom. The summed E-state index contributed by atoms with van der Waals surface area (Å²) in [5.74, 6) is -1.02. The molecule has 3 N–H and O–H groups in total. The Bertz CT molecular complexity index is 385. The molecule has 1 aromatic carbocycles. The van der Waals surface area contributed by atoms with Crippen LogP contribution in [0.1, 0.15) is 16.8 Å². The number of hydrogen-bond acceptors (Lipinski definition) is 4. The molecule has 1 atom stereocenters. The number of alkyl halides is 1. The van der Waals surface area contributed by atoms with Gasteiger partial charge in [0.15, 0.2) is 0 Å². The van der Waals surface area contributed by atoms with Crippen LogP contribution in [0.5, 0.6) is 11.5 Å². The minimum atomic E-state index is -0.520. The molecular weight excluding hydrogens is 302 g/mol. The first kappa shape index (κ1) is 14.8. The molecule has 5 nitrogen and oxygen atoms in total. The van der Waals surface area contributed by atoms with Crippen molar-refractivity contribution in [2.45, 2.75) is 12.5 Å². The largest absolute Gasteiger partial charge is 0.507 e. The van der Waals surface area contributed by atoms with Crippen molar-refractivity contribution in [3.63, 3.8) is 0 Å². The molecule has 6 heteroatoms. The molecule has 0 aliphatic rings. The quantitative estimate of drug-likeness (QED) is 0.697. The van der Waals surface area contributed by atoms with Gasteiger partial charge in [-0.05, 0) is 18.6 Å². The lowest BCUT2D eigenvalue weighted by Crippen LogP contribution is -2.38. The lowest BCUT2D eigenvalue weighted by atomic mass is 10.1. The molecule has 0 saturated carbocycles. The molecule has 18 heavy (non-hydrogen) atoms. The van der Waals surface area contributed by atoms with Crippen LogP contribution in [0.15, 0.2) is 18.2 Å². The van der Waals surface area contributed by atoms with Crippen LogP contribution in [-0.4, -0.2) is 41.2 Å². The maximum Gasteiger partial charge on any atom is 0.259 e. The summed E-state index contributed by atoms with van der Waals surface area (Å²) in [7, 11) is 1.55. The third-order valence-electron chi connectivity index (χ3n) is 2.41. The lowest BCUT2D eigenvalue weighted by Gasteiger charge is -2.17. The van der Waals surface area contributed by atoms with Gasteiger partial charge in [0.2, 0.25) is 0 Å². The fourth-order valence-corrected chi connectivity index (χ4v) is 2.10. The predicted molar refractivity (Wildman–Crippen MR) is 71.3 cm³/mol. The first-order valence-corrected chi connectivity index (χ1v) is 6.59. The minimum absolute atomic E-state index is 0.117. The van der Waals surface area contributed by atoms with Crippen molar-refractivity contribution < 1.29 is 19.7 Å². The van der Waals surface area contributed by atoms with E-state index in [0.717, 1.165) is 0 Å². The van der Waals surface area contributed by atoms with Gasteiger partial charge in [-0.15, -0.1) is 0 Å². The molecule has 1 unspecified atom stereocenters. The fraction of sp³-hybridized carbons (Fsp3) is 0.417. The number of rotatable bonds is 6. The van der Waals surface area contributed by atoms with Gasteiger partial charge in [0.25, 0.3) is 5.91 Å².